The fourth-order valence-electron chi connectivity index (χ4n) is 2.96. The number of fused-ring (bicyclic) bond motifs is 1. The lowest BCUT2D eigenvalue weighted by molar-refractivity contribution is 0.0796. The Morgan fingerprint density at radius 2 is 2.32 bits per heavy atom. The molecular weight excluding hydrogens is 306 g/mol. The maximum atomic E-state index is 10.9. The number of carbonyl (C=O) groups excluding carboxylic acids is 1. The van der Waals surface area contributed by atoms with E-state index in [1.54, 1.807) is 0 Å². The van der Waals surface area contributed by atoms with Gasteiger partial charge in [-0.05, 0) is 36.9 Å². The van der Waals surface area contributed by atoms with Gasteiger partial charge in [0.25, 0.3) is 0 Å². The minimum Gasteiger partial charge on any atom is -0.446 e. The van der Waals surface area contributed by atoms with Crippen LogP contribution >= 0.6 is 11.6 Å². The molecule has 118 valence electrons. The van der Waals surface area contributed by atoms with E-state index in [9.17, 15) is 4.79 Å². The summed E-state index contributed by atoms with van der Waals surface area (Å²) >= 11 is 6.01. The van der Waals surface area contributed by atoms with Gasteiger partial charge in [-0.15, -0.1) is 0 Å². The first-order valence-electron chi connectivity index (χ1n) is 7.24. The van der Waals surface area contributed by atoms with E-state index >= 15 is 0 Å². The Bertz CT molecular complexity index is 702. The molecule has 7 nitrogen and oxygen atoms in total. The van der Waals surface area contributed by atoms with Crippen molar-refractivity contribution in [1.82, 2.24) is 14.5 Å². The van der Waals surface area contributed by atoms with E-state index < -0.39 is 6.09 Å². The fourth-order valence-corrected chi connectivity index (χ4v) is 3.13. The van der Waals surface area contributed by atoms with Crippen molar-refractivity contribution in [2.24, 2.45) is 12.8 Å². The quantitative estimate of drug-likeness (QED) is 0.846. The van der Waals surface area contributed by atoms with Crippen molar-refractivity contribution in [2.75, 3.05) is 5.32 Å². The molecule has 1 amide bonds. The zero-order valence-corrected chi connectivity index (χ0v) is 13.0. The summed E-state index contributed by atoms with van der Waals surface area (Å²) < 4.78 is 7.01. The van der Waals surface area contributed by atoms with Crippen LogP contribution in [0.3, 0.4) is 0 Å². The first-order valence-corrected chi connectivity index (χ1v) is 7.62. The maximum Gasteiger partial charge on any atom is 0.404 e. The Morgan fingerprint density at radius 1 is 1.50 bits per heavy atom. The highest BCUT2D eigenvalue weighted by molar-refractivity contribution is 6.28. The third kappa shape index (κ3) is 3.09. The molecule has 2 aromatic heterocycles. The standard InChI is InChI=1S/C14H18ClN5O2/c1-20-6-5-10-11(18-13(15)19-12(10)20)17-8-3-2-4-9(7-8)22-14(16)21/h5-6,8-9H,2-4,7H2,1H3,(H2,16,21)(H,17,18,19)/t8-,9+/m1/s1. The van der Waals surface area contributed by atoms with Gasteiger partial charge in [0.2, 0.25) is 5.28 Å². The number of nitrogens with one attached hydrogen (secondary N) is 1. The largest absolute Gasteiger partial charge is 0.446 e. The van der Waals surface area contributed by atoms with E-state index in [-0.39, 0.29) is 17.4 Å². The Labute approximate surface area is 132 Å². The van der Waals surface area contributed by atoms with Gasteiger partial charge < -0.3 is 20.4 Å². The maximum absolute atomic E-state index is 10.9. The van der Waals surface area contributed by atoms with Crippen molar-refractivity contribution in [3.63, 3.8) is 0 Å². The SMILES string of the molecule is Cn1ccc2c(N[C@@H]3CCC[C@H](OC(N)=O)C3)nc(Cl)nc21. The summed E-state index contributed by atoms with van der Waals surface area (Å²) in [7, 11) is 1.91. The Balaban J connectivity index is 1.79. The monoisotopic (exact) mass is 323 g/mol. The number of hydrogen-bond acceptors (Lipinski definition) is 5. The molecule has 1 aliphatic carbocycles. The van der Waals surface area contributed by atoms with Gasteiger partial charge in [-0.1, -0.05) is 0 Å². The first-order chi connectivity index (χ1) is 10.5. The molecule has 0 aromatic carbocycles. The van der Waals surface area contributed by atoms with Crippen LogP contribution in [0.4, 0.5) is 10.6 Å². The highest BCUT2D eigenvalue weighted by Crippen LogP contribution is 2.28. The molecular formula is C14H18ClN5O2. The molecule has 0 radical (unpaired) electrons. The number of anilines is 1. The minimum absolute atomic E-state index is 0.146. The van der Waals surface area contributed by atoms with Gasteiger partial charge >= 0.3 is 6.09 Å². The topological polar surface area (TPSA) is 95.1 Å². The van der Waals surface area contributed by atoms with Crippen LogP contribution in [-0.2, 0) is 11.8 Å². The van der Waals surface area contributed by atoms with Crippen LogP contribution in [0, 0.1) is 0 Å². The zero-order valence-electron chi connectivity index (χ0n) is 12.3. The average Bonchev–Trinajstić information content (AvgIpc) is 2.80. The van der Waals surface area contributed by atoms with E-state index in [0.717, 1.165) is 30.3 Å². The molecule has 0 unspecified atom stereocenters. The molecule has 8 heteroatoms. The number of ether oxygens (including phenoxy) is 1. The first kappa shape index (κ1) is 14.9. The number of nitrogens with zero attached hydrogens (tertiary/aromatic N) is 3. The summed E-state index contributed by atoms with van der Waals surface area (Å²) in [5.41, 5.74) is 5.88. The van der Waals surface area contributed by atoms with Crippen molar-refractivity contribution in [3.05, 3.63) is 17.5 Å². The predicted octanol–water partition coefficient (Wildman–Crippen LogP) is 2.44. The highest BCUT2D eigenvalue weighted by Gasteiger charge is 2.25. The van der Waals surface area contributed by atoms with Crippen LogP contribution < -0.4 is 11.1 Å². The summed E-state index contributed by atoms with van der Waals surface area (Å²) in [6, 6.07) is 2.11. The van der Waals surface area contributed by atoms with E-state index in [2.05, 4.69) is 15.3 Å². The number of halogens is 1. The van der Waals surface area contributed by atoms with Crippen LogP contribution in [0.5, 0.6) is 0 Å². The zero-order chi connectivity index (χ0) is 15.7. The highest BCUT2D eigenvalue weighted by atomic mass is 35.5. The summed E-state index contributed by atoms with van der Waals surface area (Å²) in [6.07, 6.45) is 4.54. The lowest BCUT2D eigenvalue weighted by Gasteiger charge is -2.29. The smallest absolute Gasteiger partial charge is 0.404 e. The number of hydrogen-bond donors (Lipinski definition) is 2. The lowest BCUT2D eigenvalue weighted by atomic mass is 9.93. The number of nitrogens with two attached hydrogens (primary N) is 1. The number of primary amides is 1. The van der Waals surface area contributed by atoms with Crippen molar-refractivity contribution < 1.29 is 9.53 Å². The van der Waals surface area contributed by atoms with Gasteiger partial charge in [0.1, 0.15) is 17.6 Å². The van der Waals surface area contributed by atoms with E-state index in [0.29, 0.717) is 12.2 Å². The van der Waals surface area contributed by atoms with Gasteiger partial charge in [0.15, 0.2) is 0 Å². The van der Waals surface area contributed by atoms with E-state index in [1.165, 1.54) is 0 Å². The lowest BCUT2D eigenvalue weighted by Crippen LogP contribution is -2.34. The fraction of sp³-hybridized carbons (Fsp3) is 0.500. The number of amides is 1. The number of carbonyl (C=O) groups is 1. The molecule has 1 aliphatic rings. The van der Waals surface area contributed by atoms with Gasteiger partial charge in [0.05, 0.1) is 5.39 Å². The summed E-state index contributed by atoms with van der Waals surface area (Å²) in [5, 5.41) is 4.53. The molecule has 2 heterocycles. The van der Waals surface area contributed by atoms with Crippen LogP contribution in [-0.4, -0.2) is 32.8 Å². The summed E-state index contributed by atoms with van der Waals surface area (Å²) in [6.45, 7) is 0. The molecule has 22 heavy (non-hydrogen) atoms. The van der Waals surface area contributed by atoms with Crippen molar-refractivity contribution >= 4 is 34.5 Å². The Kier molecular flexibility index (Phi) is 4.06. The average molecular weight is 324 g/mol. The second-order valence-corrected chi connectivity index (χ2v) is 5.91. The molecule has 3 N–H and O–H groups in total. The Hall–Kier alpha value is -2.02. The molecule has 3 rings (SSSR count). The number of rotatable bonds is 3. The molecule has 0 spiro atoms. The Morgan fingerprint density at radius 3 is 3.09 bits per heavy atom. The van der Waals surface area contributed by atoms with E-state index in [1.807, 2.05) is 23.9 Å². The van der Waals surface area contributed by atoms with Crippen LogP contribution in [0.1, 0.15) is 25.7 Å². The second-order valence-electron chi connectivity index (χ2n) is 5.57. The van der Waals surface area contributed by atoms with E-state index in [4.69, 9.17) is 22.1 Å². The molecule has 0 aliphatic heterocycles. The normalized spacial score (nSPS) is 21.7. The van der Waals surface area contributed by atoms with Crippen LogP contribution in [0.15, 0.2) is 12.3 Å². The van der Waals surface area contributed by atoms with Crippen LogP contribution in [0.25, 0.3) is 11.0 Å². The molecule has 1 saturated carbocycles. The molecule has 2 aromatic rings. The van der Waals surface area contributed by atoms with Crippen LogP contribution in [0.2, 0.25) is 5.28 Å². The molecule has 2 atom stereocenters. The summed E-state index contributed by atoms with van der Waals surface area (Å²) in [4.78, 5) is 19.4. The van der Waals surface area contributed by atoms with Crippen molar-refractivity contribution in [3.8, 4) is 0 Å². The third-order valence-corrected chi connectivity index (χ3v) is 4.12. The van der Waals surface area contributed by atoms with Gasteiger partial charge in [0, 0.05) is 25.7 Å². The number of aryl methyl sites for hydroxylation is 1. The van der Waals surface area contributed by atoms with Gasteiger partial charge in [-0.2, -0.15) is 4.98 Å². The van der Waals surface area contributed by atoms with Crippen molar-refractivity contribution in [1.29, 1.82) is 0 Å². The predicted molar refractivity (Wildman–Crippen MR) is 83.9 cm³/mol. The molecule has 0 bridgehead atoms. The minimum atomic E-state index is -0.721. The number of aromatic nitrogens is 3. The molecule has 1 fully saturated rings. The third-order valence-electron chi connectivity index (χ3n) is 3.95. The van der Waals surface area contributed by atoms with Gasteiger partial charge in [-0.3, -0.25) is 0 Å². The molecule has 0 saturated heterocycles. The summed E-state index contributed by atoms with van der Waals surface area (Å²) in [5.74, 6) is 0.709. The van der Waals surface area contributed by atoms with Crippen molar-refractivity contribution in [2.45, 2.75) is 37.8 Å². The van der Waals surface area contributed by atoms with Gasteiger partial charge in [-0.25, -0.2) is 9.78 Å². The second kappa shape index (κ2) is 6.00.